The second-order valence-corrected chi connectivity index (χ2v) is 3.55. The number of aliphatic hydroxyl groups is 4. The smallest absolute Gasteiger partial charge is 0.335 e. The number of hydrogen-bond donors (Lipinski definition) is 5. The number of carbonyl (C=O) groups is 1. The van der Waals surface area contributed by atoms with Crippen LogP contribution < -0.4 is 0 Å². The van der Waals surface area contributed by atoms with Crippen molar-refractivity contribution in [1.29, 1.82) is 0 Å². The van der Waals surface area contributed by atoms with E-state index in [2.05, 4.69) is 0 Å². The third kappa shape index (κ3) is 3.13. The highest BCUT2D eigenvalue weighted by molar-refractivity contribution is 5.73. The zero-order valence-corrected chi connectivity index (χ0v) is 9.20. The van der Waals surface area contributed by atoms with Gasteiger partial charge in [0, 0.05) is 6.61 Å². The largest absolute Gasteiger partial charge is 0.479 e. The number of carboxylic acids is 1. The summed E-state index contributed by atoms with van der Waals surface area (Å²) in [5.74, 6) is -1.58. The van der Waals surface area contributed by atoms with E-state index < -0.39 is 36.5 Å². The SMILES string of the molecule is CCO[C@@](C)([C@H](O)[C@H](O)CO)[C@@H](O)C(=O)O. The van der Waals surface area contributed by atoms with E-state index in [1.807, 2.05) is 0 Å². The number of hydrogen-bond acceptors (Lipinski definition) is 6. The molecule has 0 amide bonds. The first kappa shape index (κ1) is 15.3. The first-order valence-corrected chi connectivity index (χ1v) is 4.83. The topological polar surface area (TPSA) is 127 Å². The van der Waals surface area contributed by atoms with Gasteiger partial charge in [0.05, 0.1) is 6.61 Å². The van der Waals surface area contributed by atoms with Crippen molar-refractivity contribution in [1.82, 2.24) is 0 Å². The van der Waals surface area contributed by atoms with E-state index >= 15 is 0 Å². The Morgan fingerprint density at radius 2 is 1.88 bits per heavy atom. The molecule has 0 aliphatic rings. The van der Waals surface area contributed by atoms with Crippen molar-refractivity contribution in [2.75, 3.05) is 13.2 Å². The van der Waals surface area contributed by atoms with Crippen LogP contribution in [0.4, 0.5) is 0 Å². The monoisotopic (exact) mass is 238 g/mol. The molecule has 96 valence electrons. The van der Waals surface area contributed by atoms with Gasteiger partial charge in [-0.3, -0.25) is 0 Å². The van der Waals surface area contributed by atoms with Crippen LogP contribution >= 0.6 is 0 Å². The number of rotatable bonds is 7. The summed E-state index contributed by atoms with van der Waals surface area (Å²) in [4.78, 5) is 10.7. The minimum atomic E-state index is -2.01. The van der Waals surface area contributed by atoms with Gasteiger partial charge in [0.15, 0.2) is 6.10 Å². The normalized spacial score (nSPS) is 20.9. The summed E-state index contributed by atoms with van der Waals surface area (Å²) < 4.78 is 4.99. The first-order chi connectivity index (χ1) is 7.31. The van der Waals surface area contributed by atoms with Crippen molar-refractivity contribution in [2.24, 2.45) is 0 Å². The third-order valence-electron chi connectivity index (χ3n) is 2.37. The molecule has 0 radical (unpaired) electrons. The lowest BCUT2D eigenvalue weighted by Gasteiger charge is -2.37. The number of carboxylic acid groups (broad SMARTS) is 1. The molecule has 0 fully saturated rings. The van der Waals surface area contributed by atoms with E-state index in [-0.39, 0.29) is 6.61 Å². The third-order valence-corrected chi connectivity index (χ3v) is 2.37. The fourth-order valence-electron chi connectivity index (χ4n) is 1.36. The first-order valence-electron chi connectivity index (χ1n) is 4.83. The minimum Gasteiger partial charge on any atom is -0.479 e. The van der Waals surface area contributed by atoms with Gasteiger partial charge in [0.1, 0.15) is 17.8 Å². The summed E-state index contributed by atoms with van der Waals surface area (Å²) in [7, 11) is 0. The van der Waals surface area contributed by atoms with Gasteiger partial charge in [-0.05, 0) is 13.8 Å². The van der Waals surface area contributed by atoms with Crippen LogP contribution in [0.2, 0.25) is 0 Å². The maximum atomic E-state index is 10.7. The Morgan fingerprint density at radius 3 is 2.19 bits per heavy atom. The second-order valence-electron chi connectivity index (χ2n) is 3.55. The van der Waals surface area contributed by atoms with E-state index in [0.717, 1.165) is 6.92 Å². The predicted molar refractivity (Wildman–Crippen MR) is 52.8 cm³/mol. The van der Waals surface area contributed by atoms with Crippen LogP contribution in [-0.2, 0) is 9.53 Å². The van der Waals surface area contributed by atoms with Crippen LogP contribution in [0.3, 0.4) is 0 Å². The maximum absolute atomic E-state index is 10.7. The lowest BCUT2D eigenvalue weighted by Crippen LogP contribution is -2.59. The summed E-state index contributed by atoms with van der Waals surface area (Å²) >= 11 is 0. The van der Waals surface area contributed by atoms with Gasteiger partial charge < -0.3 is 30.3 Å². The molecular formula is C9H18O7. The fourth-order valence-corrected chi connectivity index (χ4v) is 1.36. The fraction of sp³-hybridized carbons (Fsp3) is 0.889. The molecule has 0 aliphatic carbocycles. The number of aliphatic carboxylic acids is 1. The van der Waals surface area contributed by atoms with Gasteiger partial charge >= 0.3 is 5.97 Å². The van der Waals surface area contributed by atoms with E-state index in [1.165, 1.54) is 0 Å². The second kappa shape index (κ2) is 6.12. The van der Waals surface area contributed by atoms with Crippen LogP contribution in [-0.4, -0.2) is 68.6 Å². The molecule has 0 saturated heterocycles. The van der Waals surface area contributed by atoms with Crippen molar-refractivity contribution in [3.05, 3.63) is 0 Å². The highest BCUT2D eigenvalue weighted by atomic mass is 16.5. The Bertz CT molecular complexity index is 232. The van der Waals surface area contributed by atoms with Crippen LogP contribution in [0.1, 0.15) is 13.8 Å². The van der Waals surface area contributed by atoms with Crippen LogP contribution in [0.5, 0.6) is 0 Å². The Morgan fingerprint density at radius 1 is 1.38 bits per heavy atom. The quantitative estimate of drug-likeness (QED) is 0.345. The van der Waals surface area contributed by atoms with Gasteiger partial charge in [0.25, 0.3) is 0 Å². The Hall–Kier alpha value is -0.730. The molecule has 0 aromatic carbocycles. The zero-order valence-electron chi connectivity index (χ0n) is 9.20. The van der Waals surface area contributed by atoms with E-state index in [9.17, 15) is 20.1 Å². The summed E-state index contributed by atoms with van der Waals surface area (Å²) in [6, 6.07) is 0. The lowest BCUT2D eigenvalue weighted by atomic mass is 9.88. The van der Waals surface area contributed by atoms with Crippen molar-refractivity contribution >= 4 is 5.97 Å². The zero-order chi connectivity index (χ0) is 12.9. The van der Waals surface area contributed by atoms with E-state index in [0.29, 0.717) is 0 Å². The maximum Gasteiger partial charge on any atom is 0.335 e. The molecule has 0 spiro atoms. The van der Waals surface area contributed by atoms with Gasteiger partial charge in [0.2, 0.25) is 0 Å². The highest BCUT2D eigenvalue weighted by Crippen LogP contribution is 2.23. The van der Waals surface area contributed by atoms with Gasteiger partial charge in [-0.25, -0.2) is 4.79 Å². The van der Waals surface area contributed by atoms with E-state index in [4.69, 9.17) is 14.9 Å². The molecule has 7 nitrogen and oxygen atoms in total. The molecule has 0 rings (SSSR count). The molecular weight excluding hydrogens is 220 g/mol. The molecule has 0 bridgehead atoms. The molecule has 16 heavy (non-hydrogen) atoms. The molecule has 0 unspecified atom stereocenters. The summed E-state index contributed by atoms with van der Waals surface area (Å²) in [6.45, 7) is 1.97. The molecule has 5 N–H and O–H groups in total. The standard InChI is InChI=1S/C9H18O7/c1-3-16-9(2,7(13)8(14)15)6(12)5(11)4-10/h5-7,10-13H,3-4H2,1-2H3,(H,14,15)/t5-,6-,7+,9+/m1/s1. The molecule has 0 saturated carbocycles. The van der Waals surface area contributed by atoms with Crippen LogP contribution in [0, 0.1) is 0 Å². The summed E-state index contributed by atoms with van der Waals surface area (Å²) in [6.07, 6.45) is -5.32. The Kier molecular flexibility index (Phi) is 5.84. The van der Waals surface area contributed by atoms with Crippen molar-refractivity contribution < 1.29 is 35.1 Å². The van der Waals surface area contributed by atoms with Crippen molar-refractivity contribution in [3.63, 3.8) is 0 Å². The van der Waals surface area contributed by atoms with Crippen molar-refractivity contribution in [3.8, 4) is 0 Å². The Labute approximate surface area is 92.9 Å². The molecule has 0 aromatic heterocycles. The highest BCUT2D eigenvalue weighted by Gasteiger charge is 2.47. The molecule has 0 aliphatic heterocycles. The van der Waals surface area contributed by atoms with Crippen molar-refractivity contribution in [2.45, 2.75) is 37.8 Å². The van der Waals surface area contributed by atoms with Gasteiger partial charge in [-0.15, -0.1) is 0 Å². The van der Waals surface area contributed by atoms with Crippen LogP contribution in [0.25, 0.3) is 0 Å². The molecule has 7 heteroatoms. The summed E-state index contributed by atoms with van der Waals surface area (Å²) in [5.41, 5.74) is -1.89. The van der Waals surface area contributed by atoms with Crippen LogP contribution in [0.15, 0.2) is 0 Å². The average molecular weight is 238 g/mol. The summed E-state index contributed by atoms with van der Waals surface area (Å²) in [5, 5.41) is 45.6. The molecule has 0 aromatic rings. The minimum absolute atomic E-state index is 0.0377. The average Bonchev–Trinajstić information content (AvgIpc) is 2.25. The molecule has 4 atom stereocenters. The predicted octanol–water partition coefficient (Wildman–Crippen LogP) is -2.06. The lowest BCUT2D eigenvalue weighted by molar-refractivity contribution is -0.208. The van der Waals surface area contributed by atoms with E-state index in [1.54, 1.807) is 6.92 Å². The molecule has 0 heterocycles. The van der Waals surface area contributed by atoms with Gasteiger partial charge in [-0.1, -0.05) is 0 Å². The number of ether oxygens (including phenoxy) is 1. The Balaban J connectivity index is 5.00. The van der Waals surface area contributed by atoms with Gasteiger partial charge in [-0.2, -0.15) is 0 Å². The number of aliphatic hydroxyl groups excluding tert-OH is 4.